The minimum Gasteiger partial charge on any atom is -0.485 e. The molecule has 1 aromatic rings. The van der Waals surface area contributed by atoms with Gasteiger partial charge in [-0.2, -0.15) is 0 Å². The molecular weight excluding hydrogens is 220 g/mol. The predicted octanol–water partition coefficient (Wildman–Crippen LogP) is 1.82. The van der Waals surface area contributed by atoms with Crippen LogP contribution >= 0.6 is 0 Å². The molecule has 1 aromatic carbocycles. The summed E-state index contributed by atoms with van der Waals surface area (Å²) in [6.07, 6.45) is 0.697. The molecule has 1 atom stereocenters. The summed E-state index contributed by atoms with van der Waals surface area (Å²) in [5, 5.41) is 0. The van der Waals surface area contributed by atoms with Crippen molar-refractivity contribution in [3.8, 4) is 11.5 Å². The smallest absolute Gasteiger partial charge is 0.190 e. The lowest BCUT2D eigenvalue weighted by Crippen LogP contribution is -2.36. The second kappa shape index (κ2) is 5.68. The number of hydrogen-bond acceptors (Lipinski definition) is 4. The Morgan fingerprint density at radius 1 is 1.41 bits per heavy atom. The van der Waals surface area contributed by atoms with Crippen molar-refractivity contribution in [2.24, 2.45) is 0 Å². The fraction of sp³-hybridized carbons (Fsp3) is 0.462. The standard InChI is InChI=1S/C13H16O4/c1-15-8-4-5-10(14)13-9-16-11-6-2-3-7-12(11)17-13/h2-3,6-7,13H,4-5,8-9H2,1H3. The number of carbonyl (C=O) groups is 1. The van der Waals surface area contributed by atoms with Crippen molar-refractivity contribution in [1.29, 1.82) is 0 Å². The van der Waals surface area contributed by atoms with Crippen molar-refractivity contribution in [3.63, 3.8) is 0 Å². The zero-order valence-electron chi connectivity index (χ0n) is 9.85. The average molecular weight is 236 g/mol. The van der Waals surface area contributed by atoms with E-state index in [1.807, 2.05) is 24.3 Å². The van der Waals surface area contributed by atoms with Gasteiger partial charge in [0, 0.05) is 20.1 Å². The molecule has 0 bridgehead atoms. The van der Waals surface area contributed by atoms with Crippen LogP contribution in [0.2, 0.25) is 0 Å². The molecule has 2 rings (SSSR count). The predicted molar refractivity (Wildman–Crippen MR) is 62.5 cm³/mol. The van der Waals surface area contributed by atoms with Gasteiger partial charge in [0.15, 0.2) is 23.4 Å². The molecule has 0 spiro atoms. The Balaban J connectivity index is 1.91. The lowest BCUT2D eigenvalue weighted by Gasteiger charge is -2.25. The minimum atomic E-state index is -0.484. The summed E-state index contributed by atoms with van der Waals surface area (Å²) in [7, 11) is 1.63. The average Bonchev–Trinajstić information content (AvgIpc) is 2.38. The Bertz CT molecular complexity index is 389. The van der Waals surface area contributed by atoms with Gasteiger partial charge in [0.05, 0.1) is 0 Å². The molecule has 1 aliphatic rings. The van der Waals surface area contributed by atoms with Gasteiger partial charge in [-0.05, 0) is 18.6 Å². The molecule has 0 N–H and O–H groups in total. The third-order valence-electron chi connectivity index (χ3n) is 2.64. The molecular formula is C13H16O4. The van der Waals surface area contributed by atoms with Crippen LogP contribution in [0, 0.1) is 0 Å². The molecule has 1 unspecified atom stereocenters. The number of Topliss-reactive ketones (excluding diaryl/α,β-unsaturated/α-hetero) is 1. The maximum Gasteiger partial charge on any atom is 0.190 e. The zero-order valence-corrected chi connectivity index (χ0v) is 9.85. The van der Waals surface area contributed by atoms with E-state index in [4.69, 9.17) is 14.2 Å². The quantitative estimate of drug-likeness (QED) is 0.731. The summed E-state index contributed by atoms with van der Waals surface area (Å²) < 4.78 is 16.0. The number of para-hydroxylation sites is 2. The van der Waals surface area contributed by atoms with Crippen molar-refractivity contribution in [1.82, 2.24) is 0 Å². The Hall–Kier alpha value is -1.55. The van der Waals surface area contributed by atoms with E-state index in [0.29, 0.717) is 31.1 Å². The highest BCUT2D eigenvalue weighted by molar-refractivity contribution is 5.84. The normalized spacial score (nSPS) is 17.8. The summed E-state index contributed by atoms with van der Waals surface area (Å²) in [4.78, 5) is 11.8. The lowest BCUT2D eigenvalue weighted by molar-refractivity contribution is -0.128. The molecule has 0 amide bonds. The molecule has 4 heteroatoms. The molecule has 0 aliphatic carbocycles. The van der Waals surface area contributed by atoms with E-state index < -0.39 is 6.10 Å². The summed E-state index contributed by atoms with van der Waals surface area (Å²) in [6.45, 7) is 0.888. The number of methoxy groups -OCH3 is 1. The van der Waals surface area contributed by atoms with Crippen LogP contribution in [0.3, 0.4) is 0 Å². The molecule has 0 fully saturated rings. The Labute approximate surface area is 100 Å². The number of benzene rings is 1. The first kappa shape index (κ1) is 11.9. The first-order chi connectivity index (χ1) is 8.31. The van der Waals surface area contributed by atoms with Crippen LogP contribution in [0.4, 0.5) is 0 Å². The monoisotopic (exact) mass is 236 g/mol. The second-order valence-corrected chi connectivity index (χ2v) is 3.93. The van der Waals surface area contributed by atoms with Gasteiger partial charge in [-0.3, -0.25) is 4.79 Å². The Kier molecular flexibility index (Phi) is 3.98. The molecule has 1 aliphatic heterocycles. The molecule has 0 saturated carbocycles. The fourth-order valence-corrected chi connectivity index (χ4v) is 1.73. The summed E-state index contributed by atoms with van der Waals surface area (Å²) in [6, 6.07) is 7.38. The van der Waals surface area contributed by atoms with Crippen molar-refractivity contribution in [2.45, 2.75) is 18.9 Å². The molecule has 0 aromatic heterocycles. The maximum absolute atomic E-state index is 11.8. The van der Waals surface area contributed by atoms with Crippen molar-refractivity contribution < 1.29 is 19.0 Å². The van der Waals surface area contributed by atoms with Gasteiger partial charge >= 0.3 is 0 Å². The topological polar surface area (TPSA) is 44.8 Å². The van der Waals surface area contributed by atoms with E-state index in [1.54, 1.807) is 7.11 Å². The lowest BCUT2D eigenvalue weighted by atomic mass is 10.1. The maximum atomic E-state index is 11.8. The third kappa shape index (κ3) is 2.97. The van der Waals surface area contributed by atoms with E-state index in [0.717, 1.165) is 6.42 Å². The number of ketones is 1. The van der Waals surface area contributed by atoms with E-state index in [2.05, 4.69) is 0 Å². The van der Waals surface area contributed by atoms with E-state index in [9.17, 15) is 4.79 Å². The van der Waals surface area contributed by atoms with Gasteiger partial charge in [-0.25, -0.2) is 0 Å². The van der Waals surface area contributed by atoms with Gasteiger partial charge < -0.3 is 14.2 Å². The van der Waals surface area contributed by atoms with E-state index >= 15 is 0 Å². The van der Waals surface area contributed by atoms with Gasteiger partial charge in [-0.15, -0.1) is 0 Å². The van der Waals surface area contributed by atoms with Crippen LogP contribution < -0.4 is 9.47 Å². The highest BCUT2D eigenvalue weighted by Crippen LogP contribution is 2.31. The summed E-state index contributed by atoms with van der Waals surface area (Å²) >= 11 is 0. The highest BCUT2D eigenvalue weighted by atomic mass is 16.6. The van der Waals surface area contributed by atoms with Crippen LogP contribution in [0.25, 0.3) is 0 Å². The van der Waals surface area contributed by atoms with Gasteiger partial charge in [0.1, 0.15) is 6.61 Å². The number of fused-ring (bicyclic) bond motifs is 1. The molecule has 17 heavy (non-hydrogen) atoms. The molecule has 4 nitrogen and oxygen atoms in total. The fourth-order valence-electron chi connectivity index (χ4n) is 1.73. The van der Waals surface area contributed by atoms with Crippen LogP contribution in [-0.4, -0.2) is 32.2 Å². The first-order valence-electron chi connectivity index (χ1n) is 5.71. The van der Waals surface area contributed by atoms with Crippen molar-refractivity contribution in [2.75, 3.05) is 20.3 Å². The van der Waals surface area contributed by atoms with Gasteiger partial charge in [0.2, 0.25) is 0 Å². The first-order valence-corrected chi connectivity index (χ1v) is 5.71. The molecule has 1 heterocycles. The van der Waals surface area contributed by atoms with Crippen LogP contribution in [0.1, 0.15) is 12.8 Å². The summed E-state index contributed by atoms with van der Waals surface area (Å²) in [5.41, 5.74) is 0. The molecule has 92 valence electrons. The van der Waals surface area contributed by atoms with Crippen molar-refractivity contribution >= 4 is 5.78 Å². The third-order valence-corrected chi connectivity index (χ3v) is 2.64. The number of rotatable bonds is 5. The van der Waals surface area contributed by atoms with Crippen LogP contribution in [0.15, 0.2) is 24.3 Å². The largest absolute Gasteiger partial charge is 0.485 e. The van der Waals surface area contributed by atoms with Crippen LogP contribution in [0.5, 0.6) is 11.5 Å². The Morgan fingerprint density at radius 2 is 2.18 bits per heavy atom. The number of ether oxygens (including phenoxy) is 3. The van der Waals surface area contributed by atoms with Crippen molar-refractivity contribution in [3.05, 3.63) is 24.3 Å². The van der Waals surface area contributed by atoms with E-state index in [1.165, 1.54) is 0 Å². The van der Waals surface area contributed by atoms with E-state index in [-0.39, 0.29) is 5.78 Å². The van der Waals surface area contributed by atoms with Crippen LogP contribution in [-0.2, 0) is 9.53 Å². The Morgan fingerprint density at radius 3 is 2.94 bits per heavy atom. The molecule has 0 radical (unpaired) electrons. The molecule has 0 saturated heterocycles. The summed E-state index contributed by atoms with van der Waals surface area (Å²) in [5.74, 6) is 1.41. The second-order valence-electron chi connectivity index (χ2n) is 3.93. The zero-order chi connectivity index (χ0) is 12.1. The SMILES string of the molecule is COCCCC(=O)C1COc2ccccc2O1. The minimum absolute atomic E-state index is 0.0663. The van der Waals surface area contributed by atoms with Gasteiger partial charge in [-0.1, -0.05) is 12.1 Å². The number of carbonyl (C=O) groups excluding carboxylic acids is 1. The number of hydrogen-bond donors (Lipinski definition) is 0. The van der Waals surface area contributed by atoms with Gasteiger partial charge in [0.25, 0.3) is 0 Å². The highest BCUT2D eigenvalue weighted by Gasteiger charge is 2.26.